The minimum absolute atomic E-state index is 1.12. The van der Waals surface area contributed by atoms with E-state index in [2.05, 4.69) is 43.8 Å². The largest absolute Gasteiger partial charge is 0.0991 e. The van der Waals surface area contributed by atoms with Crippen LogP contribution in [0.25, 0.3) is 5.57 Å². The molecule has 0 unspecified atom stereocenters. The number of allylic oxidation sites excluding steroid dienone is 3. The van der Waals surface area contributed by atoms with Crippen LogP contribution in [0.4, 0.5) is 0 Å². The van der Waals surface area contributed by atoms with Gasteiger partial charge in [0, 0.05) is 0 Å². The number of rotatable bonds is 4. The van der Waals surface area contributed by atoms with Gasteiger partial charge in [0.15, 0.2) is 0 Å². The van der Waals surface area contributed by atoms with Gasteiger partial charge in [0.1, 0.15) is 0 Å². The van der Waals surface area contributed by atoms with Gasteiger partial charge >= 0.3 is 0 Å². The van der Waals surface area contributed by atoms with Crippen LogP contribution in [0.1, 0.15) is 25.3 Å². The van der Waals surface area contributed by atoms with Crippen molar-refractivity contribution in [2.75, 3.05) is 0 Å². The average Bonchev–Trinajstić information content (AvgIpc) is 2.19. The standard InChI is InChI=1S/C13H16/c1-3-8-12(9-4-2)13-10-6-5-7-11-13/h3,5-8,10-11H,1,4,9H2,2H3/b12-8+. The van der Waals surface area contributed by atoms with Gasteiger partial charge in [-0.3, -0.25) is 0 Å². The van der Waals surface area contributed by atoms with E-state index in [1.807, 2.05) is 12.1 Å². The summed E-state index contributed by atoms with van der Waals surface area (Å²) in [6, 6.07) is 10.5. The molecule has 0 bridgehead atoms. The summed E-state index contributed by atoms with van der Waals surface area (Å²) >= 11 is 0. The van der Waals surface area contributed by atoms with Gasteiger partial charge in [-0.25, -0.2) is 0 Å². The monoisotopic (exact) mass is 172 g/mol. The van der Waals surface area contributed by atoms with Crippen LogP contribution < -0.4 is 0 Å². The molecule has 0 saturated heterocycles. The minimum Gasteiger partial charge on any atom is -0.0991 e. The molecular formula is C13H16. The third-order valence-electron chi connectivity index (χ3n) is 1.98. The maximum atomic E-state index is 3.73. The Labute approximate surface area is 80.6 Å². The fourth-order valence-corrected chi connectivity index (χ4v) is 1.39. The van der Waals surface area contributed by atoms with E-state index in [0.29, 0.717) is 0 Å². The first-order chi connectivity index (χ1) is 6.38. The average molecular weight is 172 g/mol. The maximum Gasteiger partial charge on any atom is -0.0225 e. The predicted octanol–water partition coefficient (Wildman–Crippen LogP) is 4.06. The molecule has 0 aliphatic rings. The van der Waals surface area contributed by atoms with Gasteiger partial charge in [-0.05, 0) is 17.6 Å². The lowest BCUT2D eigenvalue weighted by Gasteiger charge is -2.04. The van der Waals surface area contributed by atoms with E-state index >= 15 is 0 Å². The third kappa shape index (κ3) is 2.90. The highest BCUT2D eigenvalue weighted by atomic mass is 14.0. The molecule has 1 aromatic rings. The van der Waals surface area contributed by atoms with Crippen LogP contribution in [0.5, 0.6) is 0 Å². The molecule has 0 fully saturated rings. The molecule has 0 aliphatic heterocycles. The van der Waals surface area contributed by atoms with Crippen molar-refractivity contribution in [2.45, 2.75) is 19.8 Å². The topological polar surface area (TPSA) is 0 Å². The molecule has 13 heavy (non-hydrogen) atoms. The Morgan fingerprint density at radius 3 is 2.54 bits per heavy atom. The quantitative estimate of drug-likeness (QED) is 0.601. The fourth-order valence-electron chi connectivity index (χ4n) is 1.39. The Kier molecular flexibility index (Phi) is 4.04. The van der Waals surface area contributed by atoms with Crippen LogP contribution in [0.3, 0.4) is 0 Å². The second kappa shape index (κ2) is 5.36. The van der Waals surface area contributed by atoms with Crippen LogP contribution in [-0.4, -0.2) is 0 Å². The molecule has 0 N–H and O–H groups in total. The molecule has 0 aliphatic carbocycles. The van der Waals surface area contributed by atoms with Crippen LogP contribution in [0.2, 0.25) is 0 Å². The second-order valence-electron chi connectivity index (χ2n) is 3.04. The van der Waals surface area contributed by atoms with Gasteiger partial charge in [-0.2, -0.15) is 0 Å². The van der Waals surface area contributed by atoms with Crippen LogP contribution in [0.15, 0.2) is 49.1 Å². The zero-order chi connectivity index (χ0) is 9.52. The molecule has 1 aromatic carbocycles. The predicted molar refractivity (Wildman–Crippen MR) is 59.5 cm³/mol. The lowest BCUT2D eigenvalue weighted by molar-refractivity contribution is 0.973. The van der Waals surface area contributed by atoms with Gasteiger partial charge in [-0.1, -0.05) is 62.4 Å². The Hall–Kier alpha value is -1.30. The molecule has 0 spiro atoms. The van der Waals surface area contributed by atoms with Crippen molar-refractivity contribution in [1.82, 2.24) is 0 Å². The van der Waals surface area contributed by atoms with Crippen LogP contribution in [0, 0.1) is 0 Å². The Morgan fingerprint density at radius 1 is 1.31 bits per heavy atom. The molecule has 0 heteroatoms. The van der Waals surface area contributed by atoms with Crippen molar-refractivity contribution in [1.29, 1.82) is 0 Å². The Morgan fingerprint density at radius 2 is 2.00 bits per heavy atom. The normalized spacial score (nSPS) is 11.3. The summed E-state index contributed by atoms with van der Waals surface area (Å²) in [5.41, 5.74) is 2.68. The lowest BCUT2D eigenvalue weighted by Crippen LogP contribution is -1.82. The Bertz CT molecular complexity index is 280. The zero-order valence-electron chi connectivity index (χ0n) is 8.16. The van der Waals surface area contributed by atoms with E-state index in [9.17, 15) is 0 Å². The highest BCUT2D eigenvalue weighted by Gasteiger charge is 1.97. The van der Waals surface area contributed by atoms with Gasteiger partial charge in [0.05, 0.1) is 0 Å². The summed E-state index contributed by atoms with van der Waals surface area (Å²) < 4.78 is 0. The molecule has 0 heterocycles. The van der Waals surface area contributed by atoms with Crippen molar-refractivity contribution in [2.24, 2.45) is 0 Å². The molecule has 0 radical (unpaired) electrons. The number of benzene rings is 1. The molecule has 0 amide bonds. The van der Waals surface area contributed by atoms with E-state index in [4.69, 9.17) is 0 Å². The molecule has 0 atom stereocenters. The second-order valence-corrected chi connectivity index (χ2v) is 3.04. The molecule has 68 valence electrons. The summed E-state index contributed by atoms with van der Waals surface area (Å²) in [6.45, 7) is 5.93. The van der Waals surface area contributed by atoms with Crippen LogP contribution >= 0.6 is 0 Å². The van der Waals surface area contributed by atoms with Gasteiger partial charge in [0.25, 0.3) is 0 Å². The van der Waals surface area contributed by atoms with Gasteiger partial charge < -0.3 is 0 Å². The maximum absolute atomic E-state index is 3.73. The summed E-state index contributed by atoms with van der Waals surface area (Å²) in [5, 5.41) is 0. The van der Waals surface area contributed by atoms with Crippen molar-refractivity contribution in [3.8, 4) is 0 Å². The molecular weight excluding hydrogens is 156 g/mol. The first-order valence-electron chi connectivity index (χ1n) is 4.75. The highest BCUT2D eigenvalue weighted by Crippen LogP contribution is 2.19. The highest BCUT2D eigenvalue weighted by molar-refractivity contribution is 5.66. The summed E-state index contributed by atoms with van der Waals surface area (Å²) in [5.74, 6) is 0. The number of hydrogen-bond acceptors (Lipinski definition) is 0. The zero-order valence-corrected chi connectivity index (χ0v) is 8.16. The third-order valence-corrected chi connectivity index (χ3v) is 1.98. The van der Waals surface area contributed by atoms with Crippen molar-refractivity contribution in [3.63, 3.8) is 0 Å². The van der Waals surface area contributed by atoms with E-state index in [-0.39, 0.29) is 0 Å². The van der Waals surface area contributed by atoms with Gasteiger partial charge in [-0.15, -0.1) is 0 Å². The molecule has 1 rings (SSSR count). The first kappa shape index (κ1) is 9.79. The van der Waals surface area contributed by atoms with Crippen molar-refractivity contribution < 1.29 is 0 Å². The van der Waals surface area contributed by atoms with E-state index in [0.717, 1.165) is 6.42 Å². The van der Waals surface area contributed by atoms with Crippen molar-refractivity contribution in [3.05, 3.63) is 54.6 Å². The molecule has 0 aromatic heterocycles. The fraction of sp³-hybridized carbons (Fsp3) is 0.231. The SMILES string of the molecule is C=C/C=C(\CCC)c1ccccc1. The lowest BCUT2D eigenvalue weighted by atomic mass is 10.0. The van der Waals surface area contributed by atoms with Crippen LogP contribution in [-0.2, 0) is 0 Å². The van der Waals surface area contributed by atoms with E-state index in [1.165, 1.54) is 17.6 Å². The smallest absolute Gasteiger partial charge is 0.0225 e. The molecule has 0 nitrogen and oxygen atoms in total. The van der Waals surface area contributed by atoms with E-state index in [1.54, 1.807) is 0 Å². The Balaban J connectivity index is 2.89. The molecule has 0 saturated carbocycles. The number of hydrogen-bond donors (Lipinski definition) is 0. The first-order valence-corrected chi connectivity index (χ1v) is 4.75. The minimum atomic E-state index is 1.12. The summed E-state index contributed by atoms with van der Waals surface area (Å²) in [7, 11) is 0. The van der Waals surface area contributed by atoms with Gasteiger partial charge in [0.2, 0.25) is 0 Å². The van der Waals surface area contributed by atoms with E-state index < -0.39 is 0 Å². The summed E-state index contributed by atoms with van der Waals surface area (Å²) in [6.07, 6.45) is 6.25. The summed E-state index contributed by atoms with van der Waals surface area (Å²) in [4.78, 5) is 0. The van der Waals surface area contributed by atoms with Crippen molar-refractivity contribution >= 4 is 5.57 Å².